The molecule has 0 fully saturated rings. The van der Waals surface area contributed by atoms with E-state index < -0.39 is 0 Å². The lowest BCUT2D eigenvalue weighted by Crippen LogP contribution is -2.38. The van der Waals surface area contributed by atoms with Gasteiger partial charge in [0.05, 0.1) is 5.54 Å². The highest BCUT2D eigenvalue weighted by molar-refractivity contribution is 7.92. The van der Waals surface area contributed by atoms with Crippen LogP contribution in [-0.2, 0) is 10.9 Å². The maximum atomic E-state index is 4.87. The first-order valence-electron chi connectivity index (χ1n) is 5.36. The third-order valence-electron chi connectivity index (χ3n) is 1.19. The van der Waals surface area contributed by atoms with Crippen molar-refractivity contribution >= 4 is 18.8 Å². The Morgan fingerprint density at radius 2 is 1.53 bits per heavy atom. The lowest BCUT2D eigenvalue weighted by Gasteiger charge is -2.26. The summed E-state index contributed by atoms with van der Waals surface area (Å²) in [5.74, 6) is 0. The fourth-order valence-electron chi connectivity index (χ4n) is 1.01. The van der Waals surface area contributed by atoms with E-state index in [-0.39, 0.29) is 29.9 Å². The zero-order valence-electron chi connectivity index (χ0n) is 11.5. The molecule has 1 unspecified atom stereocenters. The molecule has 1 N–H and O–H groups in total. The summed E-state index contributed by atoms with van der Waals surface area (Å²) >= 11 is 0. The molecule has 0 radical (unpaired) electrons. The Bertz CT molecular complexity index is 224. The smallest absolute Gasteiger partial charge is 0.0606 e. The molecule has 0 aliphatic rings. The molecule has 0 saturated heterocycles. The maximum Gasteiger partial charge on any atom is 0.0606 e. The number of nitrogens with zero attached hydrogens (tertiary/aromatic N) is 1. The first-order valence-corrected chi connectivity index (χ1v) is 9.13. The Labute approximate surface area is 99.6 Å². The summed E-state index contributed by atoms with van der Waals surface area (Å²) in [6.45, 7) is 17.8. The van der Waals surface area contributed by atoms with Gasteiger partial charge in [-0.1, -0.05) is 0 Å². The lowest BCUT2D eigenvalue weighted by molar-refractivity contribution is 0.528. The van der Waals surface area contributed by atoms with Gasteiger partial charge in [0.1, 0.15) is 0 Å². The molecule has 2 nitrogen and oxygen atoms in total. The van der Waals surface area contributed by atoms with E-state index in [2.05, 4.69) is 59.6 Å². The van der Waals surface area contributed by atoms with Crippen molar-refractivity contribution in [2.75, 3.05) is 18.8 Å². The third kappa shape index (κ3) is 10.8. The Hall–Kier alpha value is 0.540. The quantitative estimate of drug-likeness (QED) is 0.761. The van der Waals surface area contributed by atoms with Crippen LogP contribution >= 0.6 is 7.92 Å². The highest BCUT2D eigenvalue weighted by Gasteiger charge is 2.16. The largest absolute Gasteiger partial charge is 0.250 e. The molecule has 0 saturated carbocycles. The summed E-state index contributed by atoms with van der Waals surface area (Å²) in [4.78, 5) is 0. The normalized spacial score (nSPS) is 16.1. The minimum Gasteiger partial charge on any atom is -0.250 e. The van der Waals surface area contributed by atoms with Gasteiger partial charge in [-0.25, -0.2) is 9.08 Å². The summed E-state index contributed by atoms with van der Waals surface area (Å²) in [6.07, 6.45) is 0. The molecule has 0 aromatic carbocycles. The van der Waals surface area contributed by atoms with E-state index in [1.165, 1.54) is 5.49 Å². The molecule has 0 spiro atoms. The first-order chi connectivity index (χ1) is 6.49. The van der Waals surface area contributed by atoms with Gasteiger partial charge in [0.2, 0.25) is 0 Å². The van der Waals surface area contributed by atoms with Crippen molar-refractivity contribution in [2.45, 2.75) is 52.6 Å². The van der Waals surface area contributed by atoms with Gasteiger partial charge < -0.3 is 0 Å². The van der Waals surface area contributed by atoms with Crippen LogP contribution in [0.15, 0.2) is 4.36 Å². The number of hydrogen-bond acceptors (Lipinski definition) is 1. The van der Waals surface area contributed by atoms with Gasteiger partial charge in [0, 0.05) is 11.0 Å². The molecule has 4 heteroatoms. The second-order valence-corrected chi connectivity index (χ2v) is 10.5. The molecule has 0 aliphatic carbocycles. The molecule has 0 rings (SSSR count). The monoisotopic (exact) mass is 250 g/mol. The standard InChI is InChI=1S/C11H27N2PS/c1-10(2,3)12-15(9-14(7)8)13-11(4,5)6/h9H2,1-8H3,(H,12,13). The van der Waals surface area contributed by atoms with Crippen molar-refractivity contribution in [2.24, 2.45) is 4.36 Å². The highest BCUT2D eigenvalue weighted by atomic mass is 32.2. The van der Waals surface area contributed by atoms with Crippen LogP contribution in [0.1, 0.15) is 41.5 Å². The van der Waals surface area contributed by atoms with E-state index in [0.29, 0.717) is 0 Å². The number of rotatable bonds is 3. The van der Waals surface area contributed by atoms with E-state index in [9.17, 15) is 0 Å². The predicted octanol–water partition coefficient (Wildman–Crippen LogP) is 3.59. The van der Waals surface area contributed by atoms with Crippen molar-refractivity contribution in [1.29, 1.82) is 0 Å². The van der Waals surface area contributed by atoms with Crippen molar-refractivity contribution in [3.8, 4) is 0 Å². The van der Waals surface area contributed by atoms with Crippen LogP contribution in [-0.4, -0.2) is 29.9 Å². The molecule has 0 aromatic rings. The van der Waals surface area contributed by atoms with Crippen LogP contribution in [0.3, 0.4) is 0 Å². The van der Waals surface area contributed by atoms with Gasteiger partial charge in [-0.15, -0.1) is 7.92 Å². The first kappa shape index (κ1) is 15.5. The van der Waals surface area contributed by atoms with Gasteiger partial charge in [-0.05, 0) is 65.7 Å². The summed E-state index contributed by atoms with van der Waals surface area (Å²) in [7, 11) is 0.121. The average Bonchev–Trinajstić information content (AvgIpc) is 1.73. The van der Waals surface area contributed by atoms with Crippen LogP contribution in [0.2, 0.25) is 0 Å². The molecule has 0 heterocycles. The number of hydrogen-bond donors (Lipinski definition) is 1. The lowest BCUT2D eigenvalue weighted by atomic mass is 10.1. The van der Waals surface area contributed by atoms with Crippen molar-refractivity contribution in [3.63, 3.8) is 0 Å². The van der Waals surface area contributed by atoms with E-state index in [1.54, 1.807) is 0 Å². The van der Waals surface area contributed by atoms with Gasteiger partial charge in [-0.3, -0.25) is 0 Å². The molecule has 0 aliphatic heterocycles. The molecule has 92 valence electrons. The maximum absolute atomic E-state index is 4.87. The molecule has 15 heavy (non-hydrogen) atoms. The Balaban J connectivity index is 4.67. The second-order valence-electron chi connectivity index (χ2n) is 6.19. The molecular weight excluding hydrogens is 223 g/mol. The predicted molar refractivity (Wildman–Crippen MR) is 76.1 cm³/mol. The fourth-order valence-corrected chi connectivity index (χ4v) is 4.87. The van der Waals surface area contributed by atoms with E-state index in [4.69, 9.17) is 4.36 Å². The second kappa shape index (κ2) is 5.75. The van der Waals surface area contributed by atoms with E-state index >= 15 is 0 Å². The van der Waals surface area contributed by atoms with Crippen LogP contribution in [0.5, 0.6) is 0 Å². The Kier molecular flexibility index (Phi) is 5.95. The number of nitrogens with one attached hydrogen (secondary N) is 1. The van der Waals surface area contributed by atoms with Crippen LogP contribution in [0.25, 0.3) is 0 Å². The van der Waals surface area contributed by atoms with Gasteiger partial charge >= 0.3 is 0 Å². The molecule has 0 amide bonds. The van der Waals surface area contributed by atoms with Gasteiger partial charge in [0.15, 0.2) is 0 Å². The fraction of sp³-hybridized carbons (Fsp3) is 1.00. The minimum atomic E-state index is 0.0103. The molecule has 1 atom stereocenters. The summed E-state index contributed by atoms with van der Waals surface area (Å²) in [5, 5.41) is 0. The average molecular weight is 250 g/mol. The molecular formula is C11H27N2PS. The third-order valence-corrected chi connectivity index (χ3v) is 5.85. The SMILES string of the molecule is CP(C)CS(=NC(C)(C)C)NC(C)(C)C. The Morgan fingerprint density at radius 1 is 1.07 bits per heavy atom. The van der Waals surface area contributed by atoms with E-state index in [0.717, 1.165) is 0 Å². The van der Waals surface area contributed by atoms with Crippen LogP contribution in [0.4, 0.5) is 0 Å². The minimum absolute atomic E-state index is 0.0103. The van der Waals surface area contributed by atoms with Crippen molar-refractivity contribution in [3.05, 3.63) is 0 Å². The van der Waals surface area contributed by atoms with Crippen molar-refractivity contribution < 1.29 is 0 Å². The molecule has 0 aromatic heterocycles. The summed E-state index contributed by atoms with van der Waals surface area (Å²) < 4.78 is 8.49. The van der Waals surface area contributed by atoms with E-state index in [1.807, 2.05) is 0 Å². The van der Waals surface area contributed by atoms with Crippen molar-refractivity contribution in [1.82, 2.24) is 4.72 Å². The Morgan fingerprint density at radius 3 is 1.80 bits per heavy atom. The highest BCUT2D eigenvalue weighted by Crippen LogP contribution is 2.27. The summed E-state index contributed by atoms with van der Waals surface area (Å²) in [5.41, 5.74) is 1.42. The van der Waals surface area contributed by atoms with Gasteiger partial charge in [-0.2, -0.15) is 0 Å². The summed E-state index contributed by atoms with van der Waals surface area (Å²) in [6, 6.07) is 0. The molecule has 0 bridgehead atoms. The zero-order valence-corrected chi connectivity index (χ0v) is 13.2. The van der Waals surface area contributed by atoms with Crippen LogP contribution in [0, 0.1) is 0 Å². The zero-order chi connectivity index (χ0) is 12.3. The van der Waals surface area contributed by atoms with Crippen LogP contribution < -0.4 is 4.72 Å². The van der Waals surface area contributed by atoms with Gasteiger partial charge in [0.25, 0.3) is 0 Å². The topological polar surface area (TPSA) is 24.4 Å².